The Labute approximate surface area is 138 Å². The molecule has 4 nitrogen and oxygen atoms in total. The van der Waals surface area contributed by atoms with Gasteiger partial charge in [0.05, 0.1) is 12.8 Å². The smallest absolute Gasteiger partial charge is 0.267 e. The predicted octanol–water partition coefficient (Wildman–Crippen LogP) is 4.38. The van der Waals surface area contributed by atoms with Crippen LogP contribution >= 0.6 is 11.3 Å². The van der Waals surface area contributed by atoms with Crippen LogP contribution in [-0.2, 0) is 0 Å². The Morgan fingerprint density at radius 2 is 1.78 bits per heavy atom. The summed E-state index contributed by atoms with van der Waals surface area (Å²) in [6.07, 6.45) is 0. The van der Waals surface area contributed by atoms with Gasteiger partial charge >= 0.3 is 0 Å². The lowest BCUT2D eigenvalue weighted by atomic mass is 10.2. The number of carbonyl (C=O) groups is 1. The zero-order valence-electron chi connectivity index (χ0n) is 12.9. The number of carbonyl (C=O) groups excluding carboxylic acids is 1. The van der Waals surface area contributed by atoms with E-state index in [0.29, 0.717) is 4.88 Å². The normalized spacial score (nSPS) is 10.3. The second-order valence-electron chi connectivity index (χ2n) is 4.98. The predicted molar refractivity (Wildman–Crippen MR) is 93.2 cm³/mol. The third kappa shape index (κ3) is 3.40. The van der Waals surface area contributed by atoms with E-state index >= 15 is 0 Å². The monoisotopic (exact) mass is 324 g/mol. The summed E-state index contributed by atoms with van der Waals surface area (Å²) in [6.45, 7) is 1.85. The van der Waals surface area contributed by atoms with Crippen molar-refractivity contribution in [3.63, 3.8) is 0 Å². The number of benzene rings is 2. The molecule has 2 aromatic carbocycles. The maximum atomic E-state index is 12.4. The molecule has 23 heavy (non-hydrogen) atoms. The van der Waals surface area contributed by atoms with Crippen molar-refractivity contribution in [2.24, 2.45) is 0 Å². The highest BCUT2D eigenvalue weighted by molar-refractivity contribution is 7.17. The molecule has 0 atom stereocenters. The SMILES string of the molecule is COc1ccc(-c2nc(C)c(C(=O)Nc3ccccc3)s2)cc1. The van der Waals surface area contributed by atoms with Gasteiger partial charge in [0, 0.05) is 11.3 Å². The Morgan fingerprint density at radius 1 is 1.09 bits per heavy atom. The molecule has 1 N–H and O–H groups in total. The summed E-state index contributed by atoms with van der Waals surface area (Å²) in [5.74, 6) is 0.662. The van der Waals surface area contributed by atoms with Gasteiger partial charge in [0.2, 0.25) is 0 Å². The minimum Gasteiger partial charge on any atom is -0.497 e. The zero-order valence-corrected chi connectivity index (χ0v) is 13.7. The lowest BCUT2D eigenvalue weighted by Gasteiger charge is -2.03. The number of hydrogen-bond donors (Lipinski definition) is 1. The molecule has 0 aliphatic carbocycles. The van der Waals surface area contributed by atoms with Gasteiger partial charge in [-0.2, -0.15) is 0 Å². The molecule has 0 unspecified atom stereocenters. The van der Waals surface area contributed by atoms with Crippen molar-refractivity contribution >= 4 is 22.9 Å². The largest absolute Gasteiger partial charge is 0.497 e. The number of aryl methyl sites for hydroxylation is 1. The fourth-order valence-electron chi connectivity index (χ4n) is 2.17. The molecule has 0 fully saturated rings. The zero-order chi connectivity index (χ0) is 16.2. The highest BCUT2D eigenvalue weighted by Gasteiger charge is 2.16. The van der Waals surface area contributed by atoms with Crippen molar-refractivity contribution in [1.29, 1.82) is 0 Å². The highest BCUT2D eigenvalue weighted by atomic mass is 32.1. The Kier molecular flexibility index (Phi) is 4.39. The summed E-state index contributed by atoms with van der Waals surface area (Å²) < 4.78 is 5.16. The number of amides is 1. The quantitative estimate of drug-likeness (QED) is 0.775. The van der Waals surface area contributed by atoms with E-state index in [1.807, 2.05) is 61.5 Å². The molecular formula is C18H16N2O2S. The van der Waals surface area contributed by atoms with Gasteiger partial charge in [-0.05, 0) is 43.3 Å². The maximum absolute atomic E-state index is 12.4. The van der Waals surface area contributed by atoms with Crippen LogP contribution in [0.25, 0.3) is 10.6 Å². The molecule has 0 radical (unpaired) electrons. The van der Waals surface area contributed by atoms with Crippen LogP contribution in [0.3, 0.4) is 0 Å². The molecular weight excluding hydrogens is 308 g/mol. The first-order valence-electron chi connectivity index (χ1n) is 7.15. The molecule has 1 aromatic heterocycles. The summed E-state index contributed by atoms with van der Waals surface area (Å²) in [7, 11) is 1.63. The van der Waals surface area contributed by atoms with E-state index in [0.717, 1.165) is 27.7 Å². The average molecular weight is 324 g/mol. The fraction of sp³-hybridized carbons (Fsp3) is 0.111. The van der Waals surface area contributed by atoms with Crippen LogP contribution < -0.4 is 10.1 Å². The molecule has 5 heteroatoms. The van der Waals surface area contributed by atoms with Gasteiger partial charge in [-0.25, -0.2) is 4.98 Å². The summed E-state index contributed by atoms with van der Waals surface area (Å²) in [4.78, 5) is 17.6. The molecule has 1 heterocycles. The Balaban J connectivity index is 1.84. The fourth-order valence-corrected chi connectivity index (χ4v) is 3.14. The molecule has 0 saturated heterocycles. The van der Waals surface area contributed by atoms with Crippen LogP contribution in [0.15, 0.2) is 54.6 Å². The van der Waals surface area contributed by atoms with E-state index in [1.54, 1.807) is 7.11 Å². The lowest BCUT2D eigenvalue weighted by molar-refractivity contribution is 0.103. The number of ether oxygens (including phenoxy) is 1. The summed E-state index contributed by atoms with van der Waals surface area (Å²) >= 11 is 1.39. The van der Waals surface area contributed by atoms with E-state index in [2.05, 4.69) is 10.3 Å². The number of para-hydroxylation sites is 1. The van der Waals surface area contributed by atoms with E-state index in [-0.39, 0.29) is 5.91 Å². The van der Waals surface area contributed by atoms with E-state index < -0.39 is 0 Å². The molecule has 3 rings (SSSR count). The molecule has 116 valence electrons. The number of nitrogens with zero attached hydrogens (tertiary/aromatic N) is 1. The number of thiazole rings is 1. The van der Waals surface area contributed by atoms with Gasteiger partial charge in [-0.15, -0.1) is 11.3 Å². The number of rotatable bonds is 4. The van der Waals surface area contributed by atoms with Crippen LogP contribution in [0.4, 0.5) is 5.69 Å². The number of nitrogens with one attached hydrogen (secondary N) is 1. The third-order valence-corrected chi connectivity index (χ3v) is 4.58. The second-order valence-corrected chi connectivity index (χ2v) is 5.98. The Morgan fingerprint density at radius 3 is 2.43 bits per heavy atom. The van der Waals surface area contributed by atoms with Gasteiger partial charge < -0.3 is 10.1 Å². The number of aromatic nitrogens is 1. The minimum absolute atomic E-state index is 0.133. The van der Waals surface area contributed by atoms with Crippen LogP contribution in [0, 0.1) is 6.92 Å². The van der Waals surface area contributed by atoms with Gasteiger partial charge in [0.15, 0.2) is 0 Å². The van der Waals surface area contributed by atoms with E-state index in [4.69, 9.17) is 4.74 Å². The topological polar surface area (TPSA) is 51.2 Å². The van der Waals surface area contributed by atoms with Gasteiger partial charge in [-0.3, -0.25) is 4.79 Å². The Hall–Kier alpha value is -2.66. The Bertz CT molecular complexity index is 811. The highest BCUT2D eigenvalue weighted by Crippen LogP contribution is 2.29. The molecule has 1 amide bonds. The number of methoxy groups -OCH3 is 1. The summed E-state index contributed by atoms with van der Waals surface area (Å²) in [5.41, 5.74) is 2.48. The molecule has 0 aliphatic rings. The van der Waals surface area contributed by atoms with Crippen LogP contribution in [0.5, 0.6) is 5.75 Å². The van der Waals surface area contributed by atoms with E-state index in [1.165, 1.54) is 11.3 Å². The average Bonchev–Trinajstić information content (AvgIpc) is 2.98. The molecule has 3 aromatic rings. The van der Waals surface area contributed by atoms with E-state index in [9.17, 15) is 4.79 Å². The van der Waals surface area contributed by atoms with Crippen LogP contribution in [0.1, 0.15) is 15.4 Å². The standard InChI is InChI=1S/C18H16N2O2S/c1-12-16(17(21)20-14-6-4-3-5-7-14)23-18(19-12)13-8-10-15(22-2)11-9-13/h3-11H,1-2H3,(H,20,21). The van der Waals surface area contributed by atoms with Crippen molar-refractivity contribution < 1.29 is 9.53 Å². The number of hydrogen-bond acceptors (Lipinski definition) is 4. The van der Waals surface area contributed by atoms with Crippen molar-refractivity contribution in [1.82, 2.24) is 4.98 Å². The van der Waals surface area contributed by atoms with Crippen molar-refractivity contribution in [3.05, 3.63) is 65.2 Å². The van der Waals surface area contributed by atoms with Gasteiger partial charge in [0.25, 0.3) is 5.91 Å². The second kappa shape index (κ2) is 6.62. The number of anilines is 1. The lowest BCUT2D eigenvalue weighted by Crippen LogP contribution is -2.11. The molecule has 0 bridgehead atoms. The van der Waals surface area contributed by atoms with Crippen LogP contribution in [0.2, 0.25) is 0 Å². The molecule has 0 spiro atoms. The molecule has 0 aliphatic heterocycles. The third-order valence-electron chi connectivity index (χ3n) is 3.37. The minimum atomic E-state index is -0.133. The first-order valence-corrected chi connectivity index (χ1v) is 7.97. The first kappa shape index (κ1) is 15.2. The van der Waals surface area contributed by atoms with Gasteiger partial charge in [0.1, 0.15) is 15.6 Å². The van der Waals surface area contributed by atoms with Crippen molar-refractivity contribution in [3.8, 4) is 16.3 Å². The van der Waals surface area contributed by atoms with Crippen molar-refractivity contribution in [2.75, 3.05) is 12.4 Å². The van der Waals surface area contributed by atoms with Crippen molar-refractivity contribution in [2.45, 2.75) is 6.92 Å². The molecule has 0 saturated carbocycles. The first-order chi connectivity index (χ1) is 11.2. The maximum Gasteiger partial charge on any atom is 0.267 e. The summed E-state index contributed by atoms with van der Waals surface area (Å²) in [5, 5.41) is 3.72. The summed E-state index contributed by atoms with van der Waals surface area (Å²) in [6, 6.07) is 17.1. The van der Waals surface area contributed by atoms with Gasteiger partial charge in [-0.1, -0.05) is 18.2 Å². The van der Waals surface area contributed by atoms with Crippen LogP contribution in [-0.4, -0.2) is 18.0 Å².